The molecule has 4 heteroatoms. The van der Waals surface area contributed by atoms with E-state index in [0.29, 0.717) is 30.3 Å². The number of carbonyl (C=O) groups is 1. The Hall–Kier alpha value is -0.380. The fourth-order valence-electron chi connectivity index (χ4n) is 2.41. The molecule has 1 atom stereocenters. The Morgan fingerprint density at radius 1 is 1.35 bits per heavy atom. The maximum Gasteiger partial charge on any atom is 0.137 e. The topological polar surface area (TPSA) is 43.1 Å². The zero-order chi connectivity index (χ0) is 15.0. The maximum absolute atomic E-state index is 12.1. The van der Waals surface area contributed by atoms with Gasteiger partial charge in [-0.3, -0.25) is 4.79 Å². The highest BCUT2D eigenvalue weighted by atomic mass is 79.9. The first-order valence-corrected chi connectivity index (χ1v) is 8.39. The van der Waals surface area contributed by atoms with Crippen molar-refractivity contribution in [2.75, 3.05) is 6.54 Å². The molecule has 20 heavy (non-hydrogen) atoms. The predicted molar refractivity (Wildman–Crippen MR) is 89.2 cm³/mol. The van der Waals surface area contributed by atoms with E-state index < -0.39 is 0 Å². The van der Waals surface area contributed by atoms with Crippen molar-refractivity contribution in [1.29, 1.82) is 0 Å². The molecule has 2 N–H and O–H groups in total. The molecule has 0 saturated carbocycles. The largest absolute Gasteiger partial charge is 0.330 e. The molecule has 1 rings (SSSR count). The first-order valence-electron chi connectivity index (χ1n) is 7.22. The van der Waals surface area contributed by atoms with Gasteiger partial charge in [0.25, 0.3) is 0 Å². The van der Waals surface area contributed by atoms with Crippen LogP contribution in [0.1, 0.15) is 44.6 Å². The van der Waals surface area contributed by atoms with E-state index in [1.54, 1.807) is 0 Å². The molecule has 1 unspecified atom stereocenters. The van der Waals surface area contributed by atoms with Gasteiger partial charge < -0.3 is 5.73 Å². The van der Waals surface area contributed by atoms with E-state index in [0.717, 1.165) is 35.7 Å². The van der Waals surface area contributed by atoms with Gasteiger partial charge in [-0.05, 0) is 43.0 Å². The number of hydrogen-bond acceptors (Lipinski definition) is 2. The van der Waals surface area contributed by atoms with Crippen molar-refractivity contribution in [2.45, 2.75) is 45.4 Å². The Labute approximate surface area is 135 Å². The zero-order valence-corrected chi connectivity index (χ0v) is 14.3. The summed E-state index contributed by atoms with van der Waals surface area (Å²) >= 11 is 9.50. The lowest BCUT2D eigenvalue weighted by Crippen LogP contribution is -2.12. The molecular weight excluding hydrogens is 338 g/mol. The van der Waals surface area contributed by atoms with Crippen molar-refractivity contribution in [1.82, 2.24) is 0 Å². The molecule has 1 aromatic rings. The number of rotatable bonds is 9. The number of ketones is 1. The Balaban J connectivity index is 2.46. The van der Waals surface area contributed by atoms with Gasteiger partial charge in [0.05, 0.1) is 0 Å². The number of nitrogens with two attached hydrogens (primary N) is 1. The van der Waals surface area contributed by atoms with Crippen LogP contribution in [0.15, 0.2) is 22.7 Å². The molecule has 0 aliphatic rings. The maximum atomic E-state index is 12.1. The average molecular weight is 361 g/mol. The molecule has 0 aliphatic heterocycles. The van der Waals surface area contributed by atoms with E-state index in [2.05, 4.69) is 22.9 Å². The van der Waals surface area contributed by atoms with Gasteiger partial charge >= 0.3 is 0 Å². The Bertz CT molecular complexity index is 430. The van der Waals surface area contributed by atoms with Gasteiger partial charge in [-0.15, -0.1) is 0 Å². The summed E-state index contributed by atoms with van der Waals surface area (Å²) < 4.78 is 0.935. The van der Waals surface area contributed by atoms with Crippen molar-refractivity contribution < 1.29 is 4.79 Å². The minimum atomic E-state index is 0.257. The quantitative estimate of drug-likeness (QED) is 0.690. The average Bonchev–Trinajstić information content (AvgIpc) is 2.40. The van der Waals surface area contributed by atoms with Gasteiger partial charge in [-0.25, -0.2) is 0 Å². The molecule has 0 spiro atoms. The molecule has 0 radical (unpaired) electrons. The molecular formula is C16H23BrClNO. The lowest BCUT2D eigenvalue weighted by Gasteiger charge is -2.14. The second-order valence-electron chi connectivity index (χ2n) is 5.22. The van der Waals surface area contributed by atoms with Crippen molar-refractivity contribution >= 4 is 33.3 Å². The minimum Gasteiger partial charge on any atom is -0.330 e. The molecule has 0 aliphatic carbocycles. The summed E-state index contributed by atoms with van der Waals surface area (Å²) in [7, 11) is 0. The van der Waals surface area contributed by atoms with E-state index in [1.165, 1.54) is 0 Å². The van der Waals surface area contributed by atoms with Crippen LogP contribution in [0.5, 0.6) is 0 Å². The molecule has 0 aromatic heterocycles. The van der Waals surface area contributed by atoms with Crippen LogP contribution in [0, 0.1) is 5.92 Å². The standard InChI is InChI=1S/C16H23BrClNO/c1-2-3-12(8-9-19)4-7-15(20)10-13-5-6-14(17)11-16(13)18/h5-6,11-12H,2-4,7-10,19H2,1H3. The summed E-state index contributed by atoms with van der Waals surface area (Å²) in [6, 6.07) is 5.66. The molecule has 1 aromatic carbocycles. The number of halogens is 2. The van der Waals surface area contributed by atoms with Crippen LogP contribution in [0.2, 0.25) is 5.02 Å². The summed E-state index contributed by atoms with van der Waals surface area (Å²) in [6.07, 6.45) is 5.31. The molecule has 0 fully saturated rings. The summed E-state index contributed by atoms with van der Waals surface area (Å²) in [5, 5.41) is 0.653. The van der Waals surface area contributed by atoms with Gasteiger partial charge in [0.2, 0.25) is 0 Å². The van der Waals surface area contributed by atoms with Gasteiger partial charge in [-0.2, -0.15) is 0 Å². The van der Waals surface area contributed by atoms with Crippen LogP contribution in [-0.4, -0.2) is 12.3 Å². The van der Waals surface area contributed by atoms with Gasteiger partial charge in [0.1, 0.15) is 5.78 Å². The minimum absolute atomic E-state index is 0.257. The lowest BCUT2D eigenvalue weighted by molar-refractivity contribution is -0.118. The molecule has 2 nitrogen and oxygen atoms in total. The first kappa shape index (κ1) is 17.7. The lowest BCUT2D eigenvalue weighted by atomic mass is 9.92. The summed E-state index contributed by atoms with van der Waals surface area (Å²) in [5.41, 5.74) is 6.52. The van der Waals surface area contributed by atoms with E-state index in [1.807, 2.05) is 18.2 Å². The molecule has 112 valence electrons. The van der Waals surface area contributed by atoms with E-state index in [4.69, 9.17) is 17.3 Å². The predicted octanol–water partition coefficient (Wildman–Crippen LogP) is 4.76. The van der Waals surface area contributed by atoms with Crippen molar-refractivity contribution in [2.24, 2.45) is 11.7 Å². The molecule has 0 heterocycles. The SMILES string of the molecule is CCCC(CCN)CCC(=O)Cc1ccc(Br)cc1Cl. The van der Waals surface area contributed by atoms with Gasteiger partial charge in [0.15, 0.2) is 0 Å². The second kappa shape index (κ2) is 9.54. The Morgan fingerprint density at radius 2 is 2.10 bits per heavy atom. The third-order valence-corrected chi connectivity index (χ3v) is 4.35. The van der Waals surface area contributed by atoms with Gasteiger partial charge in [-0.1, -0.05) is 53.4 Å². The number of benzene rings is 1. The summed E-state index contributed by atoms with van der Waals surface area (Å²) in [4.78, 5) is 12.1. The highest BCUT2D eigenvalue weighted by Crippen LogP contribution is 2.23. The highest BCUT2D eigenvalue weighted by molar-refractivity contribution is 9.10. The number of Topliss-reactive ketones (excluding diaryl/α,β-unsaturated/α-hetero) is 1. The number of carbonyl (C=O) groups excluding carboxylic acids is 1. The fraction of sp³-hybridized carbons (Fsp3) is 0.562. The van der Waals surface area contributed by atoms with Crippen molar-refractivity contribution in [3.63, 3.8) is 0 Å². The van der Waals surface area contributed by atoms with Crippen LogP contribution in [0.25, 0.3) is 0 Å². The second-order valence-corrected chi connectivity index (χ2v) is 6.54. The third kappa shape index (κ3) is 6.38. The van der Waals surface area contributed by atoms with Crippen LogP contribution in [0.3, 0.4) is 0 Å². The zero-order valence-electron chi connectivity index (χ0n) is 12.0. The molecule has 0 amide bonds. The Morgan fingerprint density at radius 3 is 2.70 bits per heavy atom. The van der Waals surface area contributed by atoms with Crippen LogP contribution in [0.4, 0.5) is 0 Å². The first-order chi connectivity index (χ1) is 9.56. The number of hydrogen-bond donors (Lipinski definition) is 1. The fourth-order valence-corrected chi connectivity index (χ4v) is 3.15. The van der Waals surface area contributed by atoms with E-state index in [-0.39, 0.29) is 5.78 Å². The Kier molecular flexibility index (Phi) is 8.43. The molecule has 0 saturated heterocycles. The van der Waals surface area contributed by atoms with E-state index in [9.17, 15) is 4.79 Å². The van der Waals surface area contributed by atoms with E-state index >= 15 is 0 Å². The summed E-state index contributed by atoms with van der Waals surface area (Å²) in [5.74, 6) is 0.835. The smallest absolute Gasteiger partial charge is 0.137 e. The summed E-state index contributed by atoms with van der Waals surface area (Å²) in [6.45, 7) is 2.88. The van der Waals surface area contributed by atoms with Gasteiger partial charge in [0, 0.05) is 22.3 Å². The highest BCUT2D eigenvalue weighted by Gasteiger charge is 2.12. The monoisotopic (exact) mass is 359 g/mol. The van der Waals surface area contributed by atoms with Crippen molar-refractivity contribution in [3.8, 4) is 0 Å². The molecule has 0 bridgehead atoms. The van der Waals surface area contributed by atoms with Crippen LogP contribution >= 0.6 is 27.5 Å². The van der Waals surface area contributed by atoms with Crippen LogP contribution in [-0.2, 0) is 11.2 Å². The van der Waals surface area contributed by atoms with Crippen LogP contribution < -0.4 is 5.73 Å². The third-order valence-electron chi connectivity index (χ3n) is 3.51. The normalized spacial score (nSPS) is 12.4. The van der Waals surface area contributed by atoms with Crippen molar-refractivity contribution in [3.05, 3.63) is 33.3 Å².